The van der Waals surface area contributed by atoms with E-state index in [1.807, 2.05) is 13.8 Å². The number of rotatable bonds is 9. The number of aryl methyl sites for hydroxylation is 1. The van der Waals surface area contributed by atoms with Crippen LogP contribution in [0.15, 0.2) is 23.1 Å². The highest BCUT2D eigenvalue weighted by Gasteiger charge is 2.39. The molecule has 4 nitrogen and oxygen atoms in total. The molecule has 1 rings (SSSR count). The highest BCUT2D eigenvalue weighted by Crippen LogP contribution is 2.39. The molecule has 0 unspecified atom stereocenters. The van der Waals surface area contributed by atoms with E-state index in [0.29, 0.717) is 13.0 Å². The summed E-state index contributed by atoms with van der Waals surface area (Å²) >= 11 is 1.64. The van der Waals surface area contributed by atoms with Crippen LogP contribution < -0.4 is 0 Å². The molecular weight excluding hydrogens is 374 g/mol. The molecule has 0 aromatic carbocycles. The lowest BCUT2D eigenvalue weighted by Crippen LogP contribution is -2.44. The monoisotopic (exact) mass is 409 g/mol. The predicted octanol–water partition coefficient (Wildman–Crippen LogP) is 6.14. The lowest BCUT2D eigenvalue weighted by Gasteiger charge is -2.40. The van der Waals surface area contributed by atoms with E-state index < -0.39 is 8.32 Å². The summed E-state index contributed by atoms with van der Waals surface area (Å²) < 4.78 is 11.7. The molecule has 0 amide bonds. The third-order valence-electron chi connectivity index (χ3n) is 4.94. The summed E-state index contributed by atoms with van der Waals surface area (Å²) in [6.07, 6.45) is 2.80. The van der Waals surface area contributed by atoms with Crippen LogP contribution in [0.1, 0.15) is 58.2 Å². The minimum absolute atomic E-state index is 0.102. The van der Waals surface area contributed by atoms with Crippen LogP contribution in [-0.4, -0.2) is 32.0 Å². The van der Waals surface area contributed by atoms with E-state index in [0.717, 1.165) is 21.8 Å². The Hall–Kier alpha value is -1.24. The number of aromatic nitrogens is 1. The SMILES string of the molecule is C=C(CC(=O)OCC)C[C@H](O[Si](C)(C)C(C)(C)C)/C(C)=C/c1csc(C)n1. The van der Waals surface area contributed by atoms with Gasteiger partial charge in [-0.15, -0.1) is 11.3 Å². The van der Waals surface area contributed by atoms with Crippen molar-refractivity contribution in [2.24, 2.45) is 0 Å². The van der Waals surface area contributed by atoms with Crippen LogP contribution in [0.4, 0.5) is 0 Å². The molecule has 0 N–H and O–H groups in total. The van der Waals surface area contributed by atoms with Crippen LogP contribution in [-0.2, 0) is 14.0 Å². The first-order valence-electron chi connectivity index (χ1n) is 9.46. The van der Waals surface area contributed by atoms with Gasteiger partial charge in [-0.05, 0) is 57.0 Å². The molecule has 0 saturated heterocycles. The maximum Gasteiger partial charge on any atom is 0.309 e. The summed E-state index contributed by atoms with van der Waals surface area (Å²) in [4.78, 5) is 16.3. The van der Waals surface area contributed by atoms with Gasteiger partial charge in [0, 0.05) is 5.38 Å². The Kier molecular flexibility index (Phi) is 8.64. The van der Waals surface area contributed by atoms with E-state index in [1.165, 1.54) is 0 Å². The first kappa shape index (κ1) is 23.8. The maximum atomic E-state index is 11.8. The highest BCUT2D eigenvalue weighted by atomic mass is 32.1. The number of hydrogen-bond donors (Lipinski definition) is 0. The average Bonchev–Trinajstić information content (AvgIpc) is 2.90. The van der Waals surface area contributed by atoms with E-state index in [-0.39, 0.29) is 23.5 Å². The molecule has 0 saturated carbocycles. The first-order valence-corrected chi connectivity index (χ1v) is 13.2. The Morgan fingerprint density at radius 2 is 2.04 bits per heavy atom. The van der Waals surface area contributed by atoms with Gasteiger partial charge in [0.05, 0.1) is 29.8 Å². The predicted molar refractivity (Wildman–Crippen MR) is 118 cm³/mol. The highest BCUT2D eigenvalue weighted by molar-refractivity contribution is 7.09. The van der Waals surface area contributed by atoms with Gasteiger partial charge >= 0.3 is 5.97 Å². The minimum Gasteiger partial charge on any atom is -0.466 e. The molecule has 0 aliphatic rings. The fourth-order valence-electron chi connectivity index (χ4n) is 2.35. The molecule has 1 heterocycles. The van der Waals surface area contributed by atoms with Gasteiger partial charge in [-0.2, -0.15) is 0 Å². The van der Waals surface area contributed by atoms with Crippen LogP contribution in [0.25, 0.3) is 6.08 Å². The zero-order chi connectivity index (χ0) is 20.8. The molecule has 0 aliphatic carbocycles. The normalized spacial score (nSPS) is 14.1. The number of thiazole rings is 1. The molecule has 1 aromatic rings. The van der Waals surface area contributed by atoms with Gasteiger partial charge in [0.2, 0.25) is 0 Å². The molecule has 6 heteroatoms. The summed E-state index contributed by atoms with van der Waals surface area (Å²) in [5.41, 5.74) is 2.89. The van der Waals surface area contributed by atoms with E-state index in [4.69, 9.17) is 9.16 Å². The molecule has 0 radical (unpaired) electrons. The Morgan fingerprint density at radius 1 is 1.41 bits per heavy atom. The topological polar surface area (TPSA) is 48.4 Å². The smallest absolute Gasteiger partial charge is 0.309 e. The second kappa shape index (κ2) is 9.80. The van der Waals surface area contributed by atoms with Gasteiger partial charge < -0.3 is 9.16 Å². The summed E-state index contributed by atoms with van der Waals surface area (Å²) in [5.74, 6) is -0.231. The third-order valence-corrected chi connectivity index (χ3v) is 10.2. The van der Waals surface area contributed by atoms with Crippen molar-refractivity contribution in [3.63, 3.8) is 0 Å². The quantitative estimate of drug-likeness (QED) is 0.279. The second-order valence-corrected chi connectivity index (χ2v) is 14.3. The molecular formula is C21H35NO3SSi. The molecule has 0 fully saturated rings. The first-order chi connectivity index (χ1) is 12.4. The van der Waals surface area contributed by atoms with E-state index in [2.05, 4.69) is 63.8 Å². The van der Waals surface area contributed by atoms with Gasteiger partial charge in [0.15, 0.2) is 8.32 Å². The largest absolute Gasteiger partial charge is 0.466 e. The number of carbonyl (C=O) groups excluding carboxylic acids is 1. The molecule has 1 atom stereocenters. The fourth-order valence-corrected chi connectivity index (χ4v) is 4.26. The van der Waals surface area contributed by atoms with Crippen molar-refractivity contribution in [3.05, 3.63) is 33.8 Å². The van der Waals surface area contributed by atoms with Gasteiger partial charge in [-0.1, -0.05) is 32.9 Å². The molecule has 0 aliphatic heterocycles. The zero-order valence-corrected chi connectivity index (χ0v) is 20.0. The molecule has 1 aromatic heterocycles. The van der Waals surface area contributed by atoms with Crippen molar-refractivity contribution in [3.8, 4) is 0 Å². The standard InChI is InChI=1S/C21H35NO3SSi/c1-10-24-20(23)12-15(2)11-19(25-27(8,9)21(5,6)7)16(3)13-18-14-26-17(4)22-18/h13-14,19H,2,10-12H2,1,3-9H3/b16-13+/t19-/m0/s1. The Morgan fingerprint density at radius 3 is 2.52 bits per heavy atom. The van der Waals surface area contributed by atoms with Crippen molar-refractivity contribution in [1.29, 1.82) is 0 Å². The molecule has 152 valence electrons. The second-order valence-electron chi connectivity index (χ2n) is 8.48. The number of ether oxygens (including phenoxy) is 1. The van der Waals surface area contributed by atoms with Crippen LogP contribution in [0, 0.1) is 6.92 Å². The summed E-state index contributed by atoms with van der Waals surface area (Å²) in [7, 11) is -1.98. The van der Waals surface area contributed by atoms with E-state index in [9.17, 15) is 4.79 Å². The van der Waals surface area contributed by atoms with Crippen LogP contribution in [0.3, 0.4) is 0 Å². The van der Waals surface area contributed by atoms with Crippen LogP contribution in [0.5, 0.6) is 0 Å². The molecule has 0 spiro atoms. The Labute approximate surface area is 169 Å². The molecule has 27 heavy (non-hydrogen) atoms. The number of carbonyl (C=O) groups is 1. The molecule has 0 bridgehead atoms. The van der Waals surface area contributed by atoms with Crippen molar-refractivity contribution < 1.29 is 14.0 Å². The summed E-state index contributed by atoms with van der Waals surface area (Å²) in [5, 5.41) is 3.20. The van der Waals surface area contributed by atoms with E-state index >= 15 is 0 Å². The zero-order valence-electron chi connectivity index (χ0n) is 18.1. The van der Waals surface area contributed by atoms with Crippen molar-refractivity contribution in [1.82, 2.24) is 4.98 Å². The summed E-state index contributed by atoms with van der Waals surface area (Å²) in [6, 6.07) is 0. The van der Waals surface area contributed by atoms with E-state index in [1.54, 1.807) is 11.3 Å². The third kappa shape index (κ3) is 7.72. The number of esters is 1. The summed E-state index contributed by atoms with van der Waals surface area (Å²) in [6.45, 7) is 21.5. The van der Waals surface area contributed by atoms with Gasteiger partial charge in [-0.3, -0.25) is 4.79 Å². The van der Waals surface area contributed by atoms with Crippen molar-refractivity contribution >= 4 is 31.7 Å². The maximum absolute atomic E-state index is 11.8. The minimum atomic E-state index is -1.98. The van der Waals surface area contributed by atoms with Crippen LogP contribution >= 0.6 is 11.3 Å². The lowest BCUT2D eigenvalue weighted by molar-refractivity contribution is -0.142. The lowest BCUT2D eigenvalue weighted by atomic mass is 10.0. The van der Waals surface area contributed by atoms with Gasteiger partial charge in [0.25, 0.3) is 0 Å². The average molecular weight is 410 g/mol. The number of hydrogen-bond acceptors (Lipinski definition) is 5. The Bertz CT molecular complexity index is 686. The van der Waals surface area contributed by atoms with Crippen molar-refractivity contribution in [2.45, 2.75) is 78.6 Å². The van der Waals surface area contributed by atoms with Gasteiger partial charge in [-0.25, -0.2) is 4.98 Å². The Balaban J connectivity index is 3.03. The van der Waals surface area contributed by atoms with Gasteiger partial charge in [0.1, 0.15) is 0 Å². The van der Waals surface area contributed by atoms with Crippen LogP contribution in [0.2, 0.25) is 18.1 Å². The fraction of sp³-hybridized carbons (Fsp3) is 0.619. The number of nitrogens with zero attached hydrogens (tertiary/aromatic N) is 1. The van der Waals surface area contributed by atoms with Crippen molar-refractivity contribution in [2.75, 3.05) is 6.61 Å².